The zero-order valence-corrected chi connectivity index (χ0v) is 22.6. The number of rotatable bonds is 6. The summed E-state index contributed by atoms with van der Waals surface area (Å²) in [6.45, 7) is 1.92. The van der Waals surface area contributed by atoms with E-state index in [9.17, 15) is 35.5 Å². The quantitative estimate of drug-likeness (QED) is 0.288. The summed E-state index contributed by atoms with van der Waals surface area (Å²) in [5, 5.41) is 7.66. The molecule has 0 radical (unpaired) electrons. The molecule has 2 aromatic carbocycles. The first-order chi connectivity index (χ1) is 19.8. The van der Waals surface area contributed by atoms with Crippen molar-refractivity contribution in [2.24, 2.45) is 5.92 Å². The van der Waals surface area contributed by atoms with Crippen molar-refractivity contribution in [1.82, 2.24) is 19.7 Å². The Morgan fingerprint density at radius 1 is 0.929 bits per heavy atom. The van der Waals surface area contributed by atoms with Crippen LogP contribution in [-0.4, -0.2) is 44.8 Å². The van der Waals surface area contributed by atoms with Crippen molar-refractivity contribution in [2.45, 2.75) is 69.1 Å². The summed E-state index contributed by atoms with van der Waals surface area (Å²) in [5.74, 6) is -1.19. The van der Waals surface area contributed by atoms with E-state index in [1.165, 1.54) is 19.1 Å². The van der Waals surface area contributed by atoms with Crippen molar-refractivity contribution in [3.05, 3.63) is 83.2 Å². The third-order valence-electron chi connectivity index (χ3n) is 8.23. The summed E-state index contributed by atoms with van der Waals surface area (Å²) in [4.78, 5) is 15.3. The number of alkyl halides is 6. The molecule has 0 unspecified atom stereocenters. The van der Waals surface area contributed by atoms with E-state index in [0.29, 0.717) is 43.5 Å². The van der Waals surface area contributed by atoms with Gasteiger partial charge in [-0.15, -0.1) is 10.2 Å². The molecule has 1 aliphatic carbocycles. The molecule has 0 N–H and O–H groups in total. The molecule has 1 saturated heterocycles. The van der Waals surface area contributed by atoms with Crippen LogP contribution >= 0.6 is 0 Å². The number of halogens is 7. The number of carbonyl (C=O) groups excluding carboxylic acids is 1. The standard InChI is InChI=1S/C29H29F7N4O2/c1-17(20-10-21(28(31,32)33)13-22(11-20)29(34,35)36)42-26-8-9-39(14-25(26)18-2-5-23(30)6-3-18)27(41)19-4-7-24(12-19)40-15-37-38-16-40/h2-3,5-6,10-11,13,15-17,19,24-26H,4,7-9,12,14H2,1H3/t17-,19+,24-,25-,26+/m1/s1. The lowest BCUT2D eigenvalue weighted by Gasteiger charge is -2.41. The average Bonchev–Trinajstić information content (AvgIpc) is 3.65. The Bertz CT molecular complexity index is 1340. The van der Waals surface area contributed by atoms with E-state index < -0.39 is 47.4 Å². The number of aromatic nitrogens is 3. The lowest BCUT2D eigenvalue weighted by atomic mass is 9.86. The molecule has 1 aromatic heterocycles. The van der Waals surface area contributed by atoms with Crippen LogP contribution in [0.5, 0.6) is 0 Å². The van der Waals surface area contributed by atoms with E-state index in [0.717, 1.165) is 6.42 Å². The second kappa shape index (κ2) is 11.7. The second-order valence-corrected chi connectivity index (χ2v) is 11.0. The highest BCUT2D eigenvalue weighted by Crippen LogP contribution is 2.41. The van der Waals surface area contributed by atoms with Gasteiger partial charge in [0, 0.05) is 31.0 Å². The molecule has 0 spiro atoms. The lowest BCUT2D eigenvalue weighted by molar-refractivity contribution is -0.143. The first-order valence-electron chi connectivity index (χ1n) is 13.6. The number of ether oxygens (including phenoxy) is 1. The van der Waals surface area contributed by atoms with Crippen LogP contribution in [0.25, 0.3) is 0 Å². The van der Waals surface area contributed by atoms with Crippen LogP contribution in [0.4, 0.5) is 30.7 Å². The van der Waals surface area contributed by atoms with Crippen molar-refractivity contribution in [3.8, 4) is 0 Å². The first-order valence-corrected chi connectivity index (χ1v) is 13.6. The third-order valence-corrected chi connectivity index (χ3v) is 8.23. The fourth-order valence-electron chi connectivity index (χ4n) is 5.99. The summed E-state index contributed by atoms with van der Waals surface area (Å²) in [7, 11) is 0. The Hall–Kier alpha value is -3.48. The Morgan fingerprint density at radius 2 is 1.55 bits per heavy atom. The minimum atomic E-state index is -4.98. The van der Waals surface area contributed by atoms with E-state index >= 15 is 0 Å². The molecule has 1 aliphatic heterocycles. The maximum Gasteiger partial charge on any atom is 0.416 e. The number of nitrogens with zero attached hydrogens (tertiary/aromatic N) is 4. The van der Waals surface area contributed by atoms with Crippen molar-refractivity contribution >= 4 is 5.91 Å². The van der Waals surface area contributed by atoms with Gasteiger partial charge in [0.25, 0.3) is 0 Å². The molecule has 1 amide bonds. The lowest BCUT2D eigenvalue weighted by Crippen LogP contribution is -2.47. The monoisotopic (exact) mass is 598 g/mol. The van der Waals surface area contributed by atoms with E-state index in [1.807, 2.05) is 4.57 Å². The predicted molar refractivity (Wildman–Crippen MR) is 136 cm³/mol. The number of piperidine rings is 1. The molecule has 0 bridgehead atoms. The SMILES string of the molecule is C[C@@H](O[C@H]1CCN(C(=O)[C@H]2CC[C@@H](n3cnnc3)C2)C[C@@H]1c1ccc(F)cc1)c1cc(C(F)(F)F)cc(C(F)(F)F)c1. The van der Waals surface area contributed by atoms with Gasteiger partial charge < -0.3 is 14.2 Å². The highest BCUT2D eigenvalue weighted by atomic mass is 19.4. The van der Waals surface area contributed by atoms with Crippen LogP contribution < -0.4 is 0 Å². The van der Waals surface area contributed by atoms with Gasteiger partial charge in [0.15, 0.2) is 0 Å². The van der Waals surface area contributed by atoms with Gasteiger partial charge in [-0.1, -0.05) is 12.1 Å². The molecular formula is C29H29F7N4O2. The van der Waals surface area contributed by atoms with Crippen molar-refractivity contribution in [3.63, 3.8) is 0 Å². The van der Waals surface area contributed by atoms with Crippen LogP contribution in [0, 0.1) is 11.7 Å². The summed E-state index contributed by atoms with van der Waals surface area (Å²) < 4.78 is 102. The third kappa shape index (κ3) is 6.61. The Labute approximate surface area is 237 Å². The Kier molecular flexibility index (Phi) is 8.32. The van der Waals surface area contributed by atoms with Gasteiger partial charge in [-0.3, -0.25) is 4.79 Å². The molecule has 5 atom stereocenters. The zero-order valence-electron chi connectivity index (χ0n) is 22.6. The number of hydrogen-bond acceptors (Lipinski definition) is 4. The summed E-state index contributed by atoms with van der Waals surface area (Å²) in [5.41, 5.74) is -2.45. The Morgan fingerprint density at radius 3 is 2.14 bits per heavy atom. The van der Waals surface area contributed by atoms with Crippen molar-refractivity contribution in [2.75, 3.05) is 13.1 Å². The van der Waals surface area contributed by atoms with Crippen molar-refractivity contribution in [1.29, 1.82) is 0 Å². The Balaban J connectivity index is 1.36. The fraction of sp³-hybridized carbons (Fsp3) is 0.483. The van der Waals surface area contributed by atoms with Gasteiger partial charge in [0.05, 0.1) is 23.3 Å². The fourth-order valence-corrected chi connectivity index (χ4v) is 5.99. The van der Waals surface area contributed by atoms with E-state index in [4.69, 9.17) is 4.74 Å². The molecule has 226 valence electrons. The maximum absolute atomic E-state index is 13.7. The maximum atomic E-state index is 13.7. The van der Waals surface area contributed by atoms with Gasteiger partial charge in [-0.2, -0.15) is 26.3 Å². The van der Waals surface area contributed by atoms with Gasteiger partial charge in [-0.05, 0) is 74.1 Å². The molecule has 2 fully saturated rings. The van der Waals surface area contributed by atoms with Gasteiger partial charge in [-0.25, -0.2) is 4.39 Å². The van der Waals surface area contributed by atoms with Crippen LogP contribution in [0.15, 0.2) is 55.1 Å². The summed E-state index contributed by atoms with van der Waals surface area (Å²) in [6.07, 6.45) is -6.08. The topological polar surface area (TPSA) is 60.2 Å². The van der Waals surface area contributed by atoms with Crippen LogP contribution in [0.2, 0.25) is 0 Å². The van der Waals surface area contributed by atoms with E-state index in [-0.39, 0.29) is 36.0 Å². The molecule has 3 aromatic rings. The molecule has 6 nitrogen and oxygen atoms in total. The molecular weight excluding hydrogens is 569 g/mol. The minimum absolute atomic E-state index is 0.0307. The van der Waals surface area contributed by atoms with Crippen LogP contribution in [0.1, 0.15) is 72.9 Å². The van der Waals surface area contributed by atoms with Crippen molar-refractivity contribution < 1.29 is 40.3 Å². The zero-order chi connectivity index (χ0) is 30.2. The smallest absolute Gasteiger partial charge is 0.370 e. The minimum Gasteiger partial charge on any atom is -0.370 e. The second-order valence-electron chi connectivity index (χ2n) is 11.0. The van der Waals surface area contributed by atoms with Gasteiger partial charge in [0.2, 0.25) is 5.91 Å². The summed E-state index contributed by atoms with van der Waals surface area (Å²) in [6, 6.07) is 7.16. The average molecular weight is 599 g/mol. The molecule has 2 heterocycles. The molecule has 1 saturated carbocycles. The predicted octanol–water partition coefficient (Wildman–Crippen LogP) is 6.96. The first kappa shape index (κ1) is 30.0. The number of amides is 1. The van der Waals surface area contributed by atoms with Crippen LogP contribution in [-0.2, 0) is 21.9 Å². The summed E-state index contributed by atoms with van der Waals surface area (Å²) >= 11 is 0. The van der Waals surface area contributed by atoms with Gasteiger partial charge in [0.1, 0.15) is 18.5 Å². The molecule has 42 heavy (non-hydrogen) atoms. The van der Waals surface area contributed by atoms with Crippen LogP contribution in [0.3, 0.4) is 0 Å². The van der Waals surface area contributed by atoms with Gasteiger partial charge >= 0.3 is 12.4 Å². The molecule has 5 rings (SSSR count). The normalized spacial score (nSPS) is 24.1. The number of carbonyl (C=O) groups is 1. The molecule has 2 aliphatic rings. The highest BCUT2D eigenvalue weighted by molar-refractivity contribution is 5.79. The number of benzene rings is 2. The van der Waals surface area contributed by atoms with E-state index in [1.54, 1.807) is 29.7 Å². The number of likely N-dealkylation sites (tertiary alicyclic amines) is 1. The molecule has 13 heteroatoms. The number of hydrogen-bond donors (Lipinski definition) is 0. The van der Waals surface area contributed by atoms with E-state index in [2.05, 4.69) is 10.2 Å². The highest BCUT2D eigenvalue weighted by Gasteiger charge is 2.40. The largest absolute Gasteiger partial charge is 0.416 e.